The van der Waals surface area contributed by atoms with Gasteiger partial charge in [-0.2, -0.15) is 13.2 Å². The summed E-state index contributed by atoms with van der Waals surface area (Å²) in [4.78, 5) is 30.3. The molecule has 1 aliphatic heterocycles. The van der Waals surface area contributed by atoms with E-state index in [0.29, 0.717) is 18.1 Å². The Labute approximate surface area is 195 Å². The van der Waals surface area contributed by atoms with Gasteiger partial charge in [0.25, 0.3) is 0 Å². The van der Waals surface area contributed by atoms with Crippen molar-refractivity contribution in [3.05, 3.63) is 64.7 Å². The van der Waals surface area contributed by atoms with Crippen LogP contribution >= 0.6 is 11.6 Å². The lowest BCUT2D eigenvalue weighted by molar-refractivity contribution is -0.137. The second-order valence-electron chi connectivity index (χ2n) is 8.05. The summed E-state index contributed by atoms with van der Waals surface area (Å²) in [5.74, 6) is -0.734. The van der Waals surface area contributed by atoms with Crippen molar-refractivity contribution in [2.24, 2.45) is 0 Å². The normalized spacial score (nSPS) is 15.0. The molecule has 0 atom stereocenters. The van der Waals surface area contributed by atoms with Gasteiger partial charge in [0, 0.05) is 37.7 Å². The van der Waals surface area contributed by atoms with E-state index in [2.05, 4.69) is 10.2 Å². The van der Waals surface area contributed by atoms with Crippen LogP contribution in [0.1, 0.15) is 11.1 Å². The topological polar surface area (TPSA) is 55.9 Å². The molecule has 1 N–H and O–H groups in total. The first kappa shape index (κ1) is 25.0. The molecule has 2 amide bonds. The Kier molecular flexibility index (Phi) is 8.34. The molecule has 0 saturated carbocycles. The van der Waals surface area contributed by atoms with E-state index in [1.54, 1.807) is 11.9 Å². The molecule has 3 rings (SSSR count). The monoisotopic (exact) mass is 482 g/mol. The number of alkyl halides is 3. The third-order valence-corrected chi connectivity index (χ3v) is 5.62. The van der Waals surface area contributed by atoms with Gasteiger partial charge in [-0.05, 0) is 36.9 Å². The first-order valence-electron chi connectivity index (χ1n) is 10.5. The van der Waals surface area contributed by atoms with Crippen molar-refractivity contribution in [1.82, 2.24) is 14.7 Å². The number of piperazine rings is 1. The number of anilines is 1. The number of halogens is 4. The summed E-state index contributed by atoms with van der Waals surface area (Å²) < 4.78 is 39.3. The number of benzene rings is 2. The van der Waals surface area contributed by atoms with E-state index in [0.717, 1.165) is 31.3 Å². The Morgan fingerprint density at radius 1 is 1.00 bits per heavy atom. The van der Waals surface area contributed by atoms with Crippen LogP contribution in [-0.4, -0.2) is 72.8 Å². The molecule has 0 aliphatic carbocycles. The second-order valence-corrected chi connectivity index (χ2v) is 8.48. The largest absolute Gasteiger partial charge is 0.418 e. The number of likely N-dealkylation sites (N-methyl/N-ethyl adjacent to an activating group) is 1. The third kappa shape index (κ3) is 7.45. The molecule has 33 heavy (non-hydrogen) atoms. The van der Waals surface area contributed by atoms with E-state index < -0.39 is 17.6 Å². The second kappa shape index (κ2) is 11.0. The first-order valence-corrected chi connectivity index (χ1v) is 10.9. The summed E-state index contributed by atoms with van der Waals surface area (Å²) in [6.07, 6.45) is -4.57. The Morgan fingerprint density at radius 2 is 1.64 bits per heavy atom. The summed E-state index contributed by atoms with van der Waals surface area (Å²) in [5.41, 5.74) is -0.0582. The summed E-state index contributed by atoms with van der Waals surface area (Å²) in [7, 11) is 1.59. The van der Waals surface area contributed by atoms with Gasteiger partial charge < -0.3 is 10.2 Å². The zero-order valence-corrected chi connectivity index (χ0v) is 19.0. The molecular weight excluding hydrogens is 457 g/mol. The Morgan fingerprint density at radius 3 is 2.27 bits per heavy atom. The van der Waals surface area contributed by atoms with Gasteiger partial charge in [-0.15, -0.1) is 0 Å². The molecule has 10 heteroatoms. The highest BCUT2D eigenvalue weighted by Crippen LogP contribution is 2.34. The summed E-state index contributed by atoms with van der Waals surface area (Å²) >= 11 is 5.91. The van der Waals surface area contributed by atoms with E-state index in [4.69, 9.17) is 11.6 Å². The molecule has 2 aromatic rings. The van der Waals surface area contributed by atoms with Crippen LogP contribution in [0.4, 0.5) is 18.9 Å². The maximum absolute atomic E-state index is 13.1. The lowest BCUT2D eigenvalue weighted by atomic mass is 10.1. The zero-order valence-electron chi connectivity index (χ0n) is 18.2. The Bertz CT molecular complexity index is 961. The number of carbonyl (C=O) groups excluding carboxylic acids is 2. The quantitative estimate of drug-likeness (QED) is 0.655. The van der Waals surface area contributed by atoms with E-state index in [1.807, 2.05) is 24.3 Å². The lowest BCUT2D eigenvalue weighted by Gasteiger charge is -2.35. The molecule has 1 fully saturated rings. The fourth-order valence-electron chi connectivity index (χ4n) is 3.66. The molecule has 6 nitrogen and oxygen atoms in total. The van der Waals surface area contributed by atoms with Crippen LogP contribution in [-0.2, 0) is 22.3 Å². The van der Waals surface area contributed by atoms with Gasteiger partial charge in [0.1, 0.15) is 0 Å². The molecule has 0 unspecified atom stereocenters. The highest BCUT2D eigenvalue weighted by molar-refractivity contribution is 6.30. The molecule has 2 aromatic carbocycles. The van der Waals surface area contributed by atoms with Crippen molar-refractivity contribution in [2.45, 2.75) is 12.7 Å². The zero-order chi connectivity index (χ0) is 24.0. The molecule has 0 spiro atoms. The van der Waals surface area contributed by atoms with Crippen LogP contribution in [0, 0.1) is 0 Å². The average molecular weight is 483 g/mol. The smallest absolute Gasteiger partial charge is 0.339 e. The van der Waals surface area contributed by atoms with Gasteiger partial charge in [0.15, 0.2) is 0 Å². The van der Waals surface area contributed by atoms with Crippen LogP contribution in [0.5, 0.6) is 0 Å². The SMILES string of the molecule is CN(CC(=O)Nc1ccccc1C(F)(F)F)CC(=O)N1CCN(Cc2ccc(Cl)cc2)CC1. The first-order chi connectivity index (χ1) is 15.6. The summed E-state index contributed by atoms with van der Waals surface area (Å²) in [5, 5.41) is 2.98. The maximum Gasteiger partial charge on any atom is 0.418 e. The lowest BCUT2D eigenvalue weighted by Crippen LogP contribution is -2.51. The van der Waals surface area contributed by atoms with Crippen LogP contribution in [0.15, 0.2) is 48.5 Å². The predicted molar refractivity (Wildman–Crippen MR) is 121 cm³/mol. The van der Waals surface area contributed by atoms with Gasteiger partial charge >= 0.3 is 6.18 Å². The number of hydrogen-bond donors (Lipinski definition) is 1. The van der Waals surface area contributed by atoms with E-state index in [-0.39, 0.29) is 24.7 Å². The minimum atomic E-state index is -4.57. The number of amides is 2. The number of nitrogens with zero attached hydrogens (tertiary/aromatic N) is 3. The molecule has 1 aliphatic rings. The minimum Gasteiger partial charge on any atom is -0.339 e. The number of nitrogens with one attached hydrogen (secondary N) is 1. The molecule has 0 bridgehead atoms. The third-order valence-electron chi connectivity index (χ3n) is 5.37. The number of para-hydroxylation sites is 1. The fraction of sp³-hybridized carbons (Fsp3) is 0.391. The van der Waals surface area contributed by atoms with Gasteiger partial charge in [0.05, 0.1) is 24.3 Å². The number of rotatable bonds is 7. The molecular formula is C23H26ClF3N4O2. The average Bonchev–Trinajstić information content (AvgIpc) is 2.75. The summed E-state index contributed by atoms with van der Waals surface area (Å²) in [6.45, 7) is 3.19. The van der Waals surface area contributed by atoms with Crippen molar-refractivity contribution in [3.8, 4) is 0 Å². The van der Waals surface area contributed by atoms with Crippen LogP contribution < -0.4 is 5.32 Å². The predicted octanol–water partition coefficient (Wildman–Crippen LogP) is 3.57. The van der Waals surface area contributed by atoms with Crippen molar-refractivity contribution in [1.29, 1.82) is 0 Å². The maximum atomic E-state index is 13.1. The highest BCUT2D eigenvalue weighted by Gasteiger charge is 2.33. The number of carbonyl (C=O) groups is 2. The molecule has 178 valence electrons. The highest BCUT2D eigenvalue weighted by atomic mass is 35.5. The van der Waals surface area contributed by atoms with Gasteiger partial charge in [-0.25, -0.2) is 0 Å². The van der Waals surface area contributed by atoms with Crippen molar-refractivity contribution >= 4 is 29.1 Å². The molecule has 1 saturated heterocycles. The van der Waals surface area contributed by atoms with E-state index >= 15 is 0 Å². The number of hydrogen-bond acceptors (Lipinski definition) is 4. The van der Waals surface area contributed by atoms with E-state index in [1.165, 1.54) is 23.1 Å². The van der Waals surface area contributed by atoms with Gasteiger partial charge in [-0.1, -0.05) is 35.9 Å². The van der Waals surface area contributed by atoms with Crippen LogP contribution in [0.3, 0.4) is 0 Å². The van der Waals surface area contributed by atoms with Crippen LogP contribution in [0.25, 0.3) is 0 Å². The van der Waals surface area contributed by atoms with Crippen molar-refractivity contribution < 1.29 is 22.8 Å². The fourth-order valence-corrected chi connectivity index (χ4v) is 3.79. The standard InChI is InChI=1S/C23H26ClF3N4O2/c1-29(15-21(32)28-20-5-3-2-4-19(20)23(25,26)27)16-22(33)31-12-10-30(11-13-31)14-17-6-8-18(24)9-7-17/h2-9H,10-16H2,1H3,(H,28,32). The van der Waals surface area contributed by atoms with Crippen molar-refractivity contribution in [2.75, 3.05) is 51.6 Å². The Balaban J connectivity index is 1.43. The summed E-state index contributed by atoms with van der Waals surface area (Å²) in [6, 6.07) is 12.5. The van der Waals surface area contributed by atoms with Gasteiger partial charge in [0.2, 0.25) is 11.8 Å². The Hall–Kier alpha value is -2.62. The van der Waals surface area contributed by atoms with Gasteiger partial charge in [-0.3, -0.25) is 19.4 Å². The minimum absolute atomic E-state index is 0.00548. The van der Waals surface area contributed by atoms with E-state index in [9.17, 15) is 22.8 Å². The molecule has 1 heterocycles. The molecule has 0 aromatic heterocycles. The van der Waals surface area contributed by atoms with Crippen LogP contribution in [0.2, 0.25) is 5.02 Å². The van der Waals surface area contributed by atoms with Crippen molar-refractivity contribution in [3.63, 3.8) is 0 Å². The molecule has 0 radical (unpaired) electrons.